The summed E-state index contributed by atoms with van der Waals surface area (Å²) in [5.74, 6) is 0.974. The van der Waals surface area contributed by atoms with E-state index in [0.29, 0.717) is 35.1 Å². The Morgan fingerprint density at radius 1 is 1.00 bits per heavy atom. The van der Waals surface area contributed by atoms with E-state index in [1.54, 1.807) is 12.1 Å². The van der Waals surface area contributed by atoms with Crippen LogP contribution in [0, 0.1) is 0 Å². The molecule has 0 unspecified atom stereocenters. The smallest absolute Gasteiger partial charge is 0.224 e. The molecule has 0 saturated carbocycles. The number of halogens is 1. The largest absolute Gasteiger partial charge is 0.326 e. The van der Waals surface area contributed by atoms with E-state index in [4.69, 9.17) is 11.6 Å². The first-order chi connectivity index (χ1) is 16.6. The van der Waals surface area contributed by atoms with Crippen molar-refractivity contribution in [2.75, 3.05) is 11.1 Å². The number of hydrogen-bond acceptors (Lipinski definition) is 5. The van der Waals surface area contributed by atoms with Crippen molar-refractivity contribution in [3.63, 3.8) is 0 Å². The van der Waals surface area contributed by atoms with E-state index in [1.165, 1.54) is 11.8 Å². The van der Waals surface area contributed by atoms with Gasteiger partial charge in [0.05, 0.1) is 12.3 Å². The van der Waals surface area contributed by atoms with Crippen molar-refractivity contribution in [1.29, 1.82) is 0 Å². The summed E-state index contributed by atoms with van der Waals surface area (Å²) in [4.78, 5) is 24.6. The number of fused-ring (bicyclic) bond motifs is 1. The average molecular weight is 489 g/mol. The molecule has 2 heterocycles. The molecule has 1 N–H and O–H groups in total. The summed E-state index contributed by atoms with van der Waals surface area (Å²) < 4.78 is 2.03. The van der Waals surface area contributed by atoms with E-state index in [9.17, 15) is 9.59 Å². The normalized spacial score (nSPS) is 12.8. The molecule has 8 heteroatoms. The van der Waals surface area contributed by atoms with Gasteiger partial charge in [0, 0.05) is 28.3 Å². The molecule has 0 atom stereocenters. The van der Waals surface area contributed by atoms with Gasteiger partial charge in [-0.15, -0.1) is 10.2 Å². The Bertz CT molecular complexity index is 1350. The first kappa shape index (κ1) is 22.4. The number of nitrogens with zero attached hydrogens (tertiary/aromatic N) is 3. The zero-order valence-electron chi connectivity index (χ0n) is 18.2. The predicted octanol–water partition coefficient (Wildman–Crippen LogP) is 5.51. The van der Waals surface area contributed by atoms with Crippen molar-refractivity contribution in [3.8, 4) is 11.4 Å². The van der Waals surface area contributed by atoms with Gasteiger partial charge in [-0.2, -0.15) is 0 Å². The van der Waals surface area contributed by atoms with Crippen molar-refractivity contribution < 1.29 is 9.59 Å². The van der Waals surface area contributed by atoms with Crippen molar-refractivity contribution in [1.82, 2.24) is 14.8 Å². The highest BCUT2D eigenvalue weighted by molar-refractivity contribution is 7.99. The van der Waals surface area contributed by atoms with Crippen LogP contribution in [0.4, 0.5) is 5.69 Å². The lowest BCUT2D eigenvalue weighted by Crippen LogP contribution is -2.19. The number of nitrogens with one attached hydrogen (secondary N) is 1. The number of hydrogen-bond donors (Lipinski definition) is 1. The summed E-state index contributed by atoms with van der Waals surface area (Å²) in [6.07, 6.45) is 1.08. The molecule has 1 aromatic heterocycles. The molecule has 5 rings (SSSR count). The van der Waals surface area contributed by atoms with Crippen LogP contribution < -0.4 is 5.32 Å². The van der Waals surface area contributed by atoms with Crippen molar-refractivity contribution >= 4 is 40.7 Å². The van der Waals surface area contributed by atoms with Gasteiger partial charge in [-0.1, -0.05) is 53.7 Å². The van der Waals surface area contributed by atoms with E-state index in [2.05, 4.69) is 27.6 Å². The zero-order chi connectivity index (χ0) is 23.5. The number of amides is 1. The summed E-state index contributed by atoms with van der Waals surface area (Å²) in [7, 11) is 0. The standard InChI is InChI=1S/C26H21ClN4O2S/c27-21-10-6-18(7-11-21)25-29-30-26(31(25)15-17-4-2-1-3-5-17)34-16-23(32)20-8-12-22-19(14-20)9-13-24(33)28-22/h1-8,10-12,14H,9,13,15-16H2,(H,28,33). The lowest BCUT2D eigenvalue weighted by atomic mass is 9.99. The molecule has 0 fully saturated rings. The van der Waals surface area contributed by atoms with Crippen LogP contribution in [0.1, 0.15) is 27.9 Å². The van der Waals surface area contributed by atoms with Gasteiger partial charge < -0.3 is 5.32 Å². The minimum absolute atomic E-state index is 0.00649. The second kappa shape index (κ2) is 9.83. The number of carbonyl (C=O) groups excluding carboxylic acids is 2. The van der Waals surface area contributed by atoms with Crippen molar-refractivity contribution in [3.05, 3.63) is 94.5 Å². The minimum Gasteiger partial charge on any atom is -0.326 e. The topological polar surface area (TPSA) is 76.9 Å². The van der Waals surface area contributed by atoms with Crippen LogP contribution in [0.2, 0.25) is 5.02 Å². The van der Waals surface area contributed by atoms with Crippen LogP contribution in [0.3, 0.4) is 0 Å². The monoisotopic (exact) mass is 488 g/mol. The number of carbonyl (C=O) groups is 2. The molecule has 0 bridgehead atoms. The summed E-state index contributed by atoms with van der Waals surface area (Å²) in [6, 6.07) is 23.0. The van der Waals surface area contributed by atoms with Gasteiger partial charge in [-0.25, -0.2) is 0 Å². The number of anilines is 1. The maximum Gasteiger partial charge on any atom is 0.224 e. The summed E-state index contributed by atoms with van der Waals surface area (Å²) in [5, 5.41) is 13.0. The second-order valence-corrected chi connectivity index (χ2v) is 9.40. The number of ketones is 1. The molecule has 6 nitrogen and oxygen atoms in total. The number of thioether (sulfide) groups is 1. The van der Waals surface area contributed by atoms with Gasteiger partial charge in [-0.3, -0.25) is 14.2 Å². The van der Waals surface area contributed by atoms with E-state index in [1.807, 2.05) is 53.1 Å². The van der Waals surface area contributed by atoms with Crippen LogP contribution in [0.5, 0.6) is 0 Å². The summed E-state index contributed by atoms with van der Waals surface area (Å²) in [5.41, 5.74) is 4.43. The van der Waals surface area contributed by atoms with Gasteiger partial charge in [0.15, 0.2) is 16.8 Å². The number of aromatic nitrogens is 3. The maximum atomic E-state index is 13.0. The minimum atomic E-state index is 0.00649. The van der Waals surface area contributed by atoms with Gasteiger partial charge in [0.1, 0.15) is 0 Å². The SMILES string of the molecule is O=C1CCc2cc(C(=O)CSc3nnc(-c4ccc(Cl)cc4)n3Cc3ccccc3)ccc2N1. The van der Waals surface area contributed by atoms with E-state index < -0.39 is 0 Å². The molecule has 0 saturated heterocycles. The van der Waals surface area contributed by atoms with E-state index in [-0.39, 0.29) is 17.4 Å². The highest BCUT2D eigenvalue weighted by Gasteiger charge is 2.19. The molecule has 34 heavy (non-hydrogen) atoms. The lowest BCUT2D eigenvalue weighted by molar-refractivity contribution is -0.116. The number of Topliss-reactive ketones (excluding diaryl/α,β-unsaturated/α-hetero) is 1. The van der Waals surface area contributed by atoms with Gasteiger partial charge in [0.2, 0.25) is 5.91 Å². The molecule has 1 amide bonds. The molecular weight excluding hydrogens is 468 g/mol. The average Bonchev–Trinajstić information content (AvgIpc) is 3.25. The third-order valence-corrected chi connectivity index (χ3v) is 6.88. The van der Waals surface area contributed by atoms with Gasteiger partial charge >= 0.3 is 0 Å². The second-order valence-electron chi connectivity index (χ2n) is 8.02. The summed E-state index contributed by atoms with van der Waals surface area (Å²) >= 11 is 7.43. The molecule has 0 spiro atoms. The van der Waals surface area contributed by atoms with E-state index in [0.717, 1.165) is 28.2 Å². The van der Waals surface area contributed by atoms with Crippen molar-refractivity contribution in [2.24, 2.45) is 0 Å². The molecule has 0 aliphatic carbocycles. The Labute approximate surface area is 206 Å². The van der Waals surface area contributed by atoms with Crippen LogP contribution >= 0.6 is 23.4 Å². The maximum absolute atomic E-state index is 13.0. The molecule has 170 valence electrons. The molecule has 0 radical (unpaired) electrons. The molecule has 1 aliphatic heterocycles. The molecular formula is C26H21ClN4O2S. The zero-order valence-corrected chi connectivity index (χ0v) is 19.8. The first-order valence-corrected chi connectivity index (χ1v) is 12.2. The molecule has 3 aromatic carbocycles. The third-order valence-electron chi connectivity index (χ3n) is 5.66. The number of aryl methyl sites for hydroxylation is 1. The summed E-state index contributed by atoms with van der Waals surface area (Å²) in [6.45, 7) is 0.584. The quantitative estimate of drug-likeness (QED) is 0.274. The highest BCUT2D eigenvalue weighted by atomic mass is 35.5. The fourth-order valence-corrected chi connectivity index (χ4v) is 4.85. The fraction of sp³-hybridized carbons (Fsp3) is 0.154. The van der Waals surface area contributed by atoms with Gasteiger partial charge in [0.25, 0.3) is 0 Å². The van der Waals surface area contributed by atoms with Crippen LogP contribution in [0.25, 0.3) is 11.4 Å². The first-order valence-electron chi connectivity index (χ1n) is 10.9. The number of benzene rings is 3. The Morgan fingerprint density at radius 2 is 1.79 bits per heavy atom. The van der Waals surface area contributed by atoms with Gasteiger partial charge in [-0.05, 0) is 60.0 Å². The van der Waals surface area contributed by atoms with Crippen LogP contribution in [0.15, 0.2) is 78.0 Å². The van der Waals surface area contributed by atoms with Crippen LogP contribution in [-0.2, 0) is 17.8 Å². The molecule has 1 aliphatic rings. The highest BCUT2D eigenvalue weighted by Crippen LogP contribution is 2.28. The Hall–Kier alpha value is -3.42. The Balaban J connectivity index is 1.38. The van der Waals surface area contributed by atoms with Crippen LogP contribution in [-0.4, -0.2) is 32.2 Å². The predicted molar refractivity (Wildman–Crippen MR) is 134 cm³/mol. The van der Waals surface area contributed by atoms with Crippen molar-refractivity contribution in [2.45, 2.75) is 24.5 Å². The fourth-order valence-electron chi connectivity index (χ4n) is 3.89. The van der Waals surface area contributed by atoms with E-state index >= 15 is 0 Å². The lowest BCUT2D eigenvalue weighted by Gasteiger charge is -2.17. The molecule has 4 aromatic rings. The Kier molecular flexibility index (Phi) is 6.47. The third kappa shape index (κ3) is 4.90. The Morgan fingerprint density at radius 3 is 2.59 bits per heavy atom. The number of rotatable bonds is 7.